The van der Waals surface area contributed by atoms with Crippen molar-refractivity contribution in [1.82, 2.24) is 5.32 Å². The summed E-state index contributed by atoms with van der Waals surface area (Å²) in [4.78, 5) is 0. The van der Waals surface area contributed by atoms with Gasteiger partial charge in [-0.15, -0.1) is 11.3 Å². The molecule has 1 heterocycles. The first-order chi connectivity index (χ1) is 10.1. The number of ether oxygens (including phenoxy) is 1. The van der Waals surface area contributed by atoms with Crippen LogP contribution < -0.4 is 10.1 Å². The first kappa shape index (κ1) is 17.1. The Labute approximate surface area is 147 Å². The number of thiophene rings is 1. The molecular formula is C15H16BrCl2NOS. The van der Waals surface area contributed by atoms with Crippen LogP contribution in [0.3, 0.4) is 0 Å². The van der Waals surface area contributed by atoms with Crippen molar-refractivity contribution in [2.24, 2.45) is 0 Å². The van der Waals surface area contributed by atoms with E-state index in [0.717, 1.165) is 27.8 Å². The third-order valence-corrected chi connectivity index (χ3v) is 5.17. The highest BCUT2D eigenvalue weighted by Gasteiger charge is 2.19. The minimum absolute atomic E-state index is 0.00206. The van der Waals surface area contributed by atoms with Crippen LogP contribution in [0.5, 0.6) is 5.75 Å². The fraction of sp³-hybridized carbons (Fsp3) is 0.333. The van der Waals surface area contributed by atoms with E-state index < -0.39 is 0 Å². The van der Waals surface area contributed by atoms with Gasteiger partial charge in [-0.3, -0.25) is 0 Å². The van der Waals surface area contributed by atoms with Gasteiger partial charge in [0.1, 0.15) is 5.75 Å². The second-order valence-corrected chi connectivity index (χ2v) is 7.68. The molecule has 0 bridgehead atoms. The average Bonchev–Trinajstić information content (AvgIpc) is 2.78. The van der Waals surface area contributed by atoms with Gasteiger partial charge in [0.05, 0.1) is 25.8 Å². The van der Waals surface area contributed by atoms with Crippen molar-refractivity contribution in [2.45, 2.75) is 19.4 Å². The normalized spacial score (nSPS) is 12.4. The number of halogens is 3. The lowest BCUT2D eigenvalue weighted by atomic mass is 10.0. The Balaban J connectivity index is 2.30. The topological polar surface area (TPSA) is 21.3 Å². The van der Waals surface area contributed by atoms with Gasteiger partial charge in [0, 0.05) is 5.56 Å². The summed E-state index contributed by atoms with van der Waals surface area (Å²) in [5, 5.41) is 3.28. The van der Waals surface area contributed by atoms with Crippen molar-refractivity contribution in [2.75, 3.05) is 13.7 Å². The Morgan fingerprint density at radius 2 is 2.10 bits per heavy atom. The van der Waals surface area contributed by atoms with E-state index in [1.807, 2.05) is 31.3 Å². The molecule has 0 aliphatic carbocycles. The summed E-state index contributed by atoms with van der Waals surface area (Å²) in [7, 11) is 1.90. The summed E-state index contributed by atoms with van der Waals surface area (Å²) >= 11 is 17.3. The molecule has 1 atom stereocenters. The summed E-state index contributed by atoms with van der Waals surface area (Å²) in [6.45, 7) is 2.79. The van der Waals surface area contributed by atoms with Crippen LogP contribution >= 0.6 is 50.5 Å². The molecule has 0 aliphatic heterocycles. The van der Waals surface area contributed by atoms with Crippen LogP contribution in [-0.2, 0) is 0 Å². The molecule has 0 amide bonds. The Hall–Kier alpha value is -0.260. The average molecular weight is 409 g/mol. The Morgan fingerprint density at radius 3 is 2.62 bits per heavy atom. The molecule has 6 heteroatoms. The highest BCUT2D eigenvalue weighted by Crippen LogP contribution is 2.38. The molecule has 0 aliphatic rings. The van der Waals surface area contributed by atoms with E-state index in [-0.39, 0.29) is 6.04 Å². The van der Waals surface area contributed by atoms with Gasteiger partial charge in [-0.25, -0.2) is 0 Å². The van der Waals surface area contributed by atoms with Gasteiger partial charge < -0.3 is 10.1 Å². The van der Waals surface area contributed by atoms with Crippen molar-refractivity contribution in [3.05, 3.63) is 48.5 Å². The third-order valence-electron chi connectivity index (χ3n) is 3.03. The summed E-state index contributed by atoms with van der Waals surface area (Å²) in [5.74, 6) is 0.852. The monoisotopic (exact) mass is 407 g/mol. The molecule has 2 aromatic rings. The molecule has 0 saturated heterocycles. The van der Waals surface area contributed by atoms with E-state index in [4.69, 9.17) is 27.9 Å². The third kappa shape index (κ3) is 4.14. The van der Waals surface area contributed by atoms with Crippen molar-refractivity contribution in [3.63, 3.8) is 0 Å². The van der Waals surface area contributed by atoms with Crippen LogP contribution in [0.15, 0.2) is 28.7 Å². The summed E-state index contributed by atoms with van der Waals surface area (Å²) < 4.78 is 8.01. The predicted octanol–water partition coefficient (Wildman–Crippen LogP) is 5.92. The van der Waals surface area contributed by atoms with Crippen LogP contribution in [0, 0.1) is 0 Å². The first-order valence-electron chi connectivity index (χ1n) is 6.61. The van der Waals surface area contributed by atoms with Gasteiger partial charge in [-0.05, 0) is 53.2 Å². The van der Waals surface area contributed by atoms with E-state index in [9.17, 15) is 0 Å². The Morgan fingerprint density at radius 1 is 1.33 bits per heavy atom. The minimum Gasteiger partial charge on any atom is -0.492 e. The van der Waals surface area contributed by atoms with Crippen molar-refractivity contribution in [1.29, 1.82) is 0 Å². The highest BCUT2D eigenvalue weighted by atomic mass is 79.9. The van der Waals surface area contributed by atoms with Crippen molar-refractivity contribution < 1.29 is 4.74 Å². The van der Waals surface area contributed by atoms with Crippen LogP contribution in [0.2, 0.25) is 8.67 Å². The predicted molar refractivity (Wildman–Crippen MR) is 95.2 cm³/mol. The second kappa shape index (κ2) is 7.84. The maximum Gasteiger partial charge on any atom is 0.133 e. The first-order valence-corrected chi connectivity index (χ1v) is 8.97. The maximum absolute atomic E-state index is 6.27. The molecule has 21 heavy (non-hydrogen) atoms. The van der Waals surface area contributed by atoms with E-state index in [2.05, 4.69) is 28.2 Å². The standard InChI is InChI=1S/C15H16BrCl2NOS/c1-3-6-20-12-5-4-9(7-11(12)16)14(19-2)10-8-13(17)21-15(10)18/h4-5,7-8,14,19H,3,6H2,1-2H3. The number of nitrogens with one attached hydrogen (secondary N) is 1. The van der Waals surface area contributed by atoms with Crippen molar-refractivity contribution >= 4 is 50.5 Å². The molecule has 1 N–H and O–H groups in total. The number of hydrogen-bond acceptors (Lipinski definition) is 3. The van der Waals surface area contributed by atoms with Crippen molar-refractivity contribution in [3.8, 4) is 5.75 Å². The van der Waals surface area contributed by atoms with E-state index in [1.54, 1.807) is 0 Å². The second-order valence-electron chi connectivity index (χ2n) is 4.54. The molecule has 0 radical (unpaired) electrons. The molecular weight excluding hydrogens is 393 g/mol. The minimum atomic E-state index is -0.00206. The molecule has 0 fully saturated rings. The molecule has 2 nitrogen and oxygen atoms in total. The zero-order chi connectivity index (χ0) is 15.4. The lowest BCUT2D eigenvalue weighted by molar-refractivity contribution is 0.315. The number of benzene rings is 1. The van der Waals surface area contributed by atoms with Gasteiger partial charge in [0.25, 0.3) is 0 Å². The SMILES string of the molecule is CCCOc1ccc(C(NC)c2cc(Cl)sc2Cl)cc1Br. The van der Waals surface area contributed by atoms with Gasteiger partial charge >= 0.3 is 0 Å². The van der Waals surface area contributed by atoms with E-state index in [1.165, 1.54) is 11.3 Å². The van der Waals surface area contributed by atoms with Crippen LogP contribution in [0.4, 0.5) is 0 Å². The molecule has 0 saturated carbocycles. The maximum atomic E-state index is 6.27. The Kier molecular flexibility index (Phi) is 6.38. The summed E-state index contributed by atoms with van der Waals surface area (Å²) in [5.41, 5.74) is 2.09. The fourth-order valence-corrected chi connectivity index (χ4v) is 4.12. The molecule has 2 rings (SSSR count). The van der Waals surface area contributed by atoms with Crippen LogP contribution in [-0.4, -0.2) is 13.7 Å². The molecule has 1 aromatic carbocycles. The van der Waals surface area contributed by atoms with Gasteiger partial charge in [-0.1, -0.05) is 36.2 Å². The fourth-order valence-electron chi connectivity index (χ4n) is 2.08. The number of hydrogen-bond donors (Lipinski definition) is 1. The highest BCUT2D eigenvalue weighted by molar-refractivity contribution is 9.10. The summed E-state index contributed by atoms with van der Waals surface area (Å²) in [6.07, 6.45) is 0.982. The van der Waals surface area contributed by atoms with E-state index in [0.29, 0.717) is 15.3 Å². The molecule has 0 spiro atoms. The lowest BCUT2D eigenvalue weighted by Crippen LogP contribution is -2.17. The smallest absolute Gasteiger partial charge is 0.133 e. The van der Waals surface area contributed by atoms with Crippen LogP contribution in [0.25, 0.3) is 0 Å². The number of rotatable bonds is 6. The van der Waals surface area contributed by atoms with Gasteiger partial charge in [0.2, 0.25) is 0 Å². The zero-order valence-corrected chi connectivity index (χ0v) is 15.7. The van der Waals surface area contributed by atoms with E-state index >= 15 is 0 Å². The molecule has 1 aromatic heterocycles. The quantitative estimate of drug-likeness (QED) is 0.640. The Bertz CT molecular complexity index is 618. The summed E-state index contributed by atoms with van der Waals surface area (Å²) in [6, 6.07) is 7.97. The van der Waals surface area contributed by atoms with Gasteiger partial charge in [0.15, 0.2) is 0 Å². The molecule has 114 valence electrons. The van der Waals surface area contributed by atoms with Crippen LogP contribution in [0.1, 0.15) is 30.5 Å². The lowest BCUT2D eigenvalue weighted by Gasteiger charge is -2.18. The van der Waals surface area contributed by atoms with Gasteiger partial charge in [-0.2, -0.15) is 0 Å². The largest absolute Gasteiger partial charge is 0.492 e. The molecule has 1 unspecified atom stereocenters. The zero-order valence-electron chi connectivity index (χ0n) is 11.8.